The molecule has 0 aliphatic heterocycles. The van der Waals surface area contributed by atoms with Crippen molar-refractivity contribution in [2.24, 2.45) is 0 Å². The van der Waals surface area contributed by atoms with Crippen LogP contribution in [0.1, 0.15) is 0 Å². The van der Waals surface area contributed by atoms with Crippen LogP contribution in [0.15, 0.2) is 229 Å². The number of fused-ring (bicyclic) bond motifs is 9. The predicted molar refractivity (Wildman–Crippen MR) is 262 cm³/mol. The number of hydrogen-bond acceptors (Lipinski definition) is 2. The molecule has 62 heavy (non-hydrogen) atoms. The van der Waals surface area contributed by atoms with Gasteiger partial charge in [0.15, 0.2) is 0 Å². The molecule has 1 aliphatic carbocycles. The van der Waals surface area contributed by atoms with Gasteiger partial charge in [-0.1, -0.05) is 170 Å². The van der Waals surface area contributed by atoms with Gasteiger partial charge >= 0.3 is 0 Å². The first kappa shape index (κ1) is 34.6. The highest BCUT2D eigenvalue weighted by molar-refractivity contribution is 6.16. The summed E-state index contributed by atoms with van der Waals surface area (Å²) in [6.45, 7) is 0. The normalized spacial score (nSPS) is 11.9. The second kappa shape index (κ2) is 13.7. The summed E-state index contributed by atoms with van der Waals surface area (Å²) in [6, 6.07) is 81.8. The molecule has 1 aliphatic rings. The molecule has 11 aromatic carbocycles. The fourth-order valence-corrected chi connectivity index (χ4v) is 9.99. The molecular weight excluding hydrogens is 751 g/mol. The van der Waals surface area contributed by atoms with E-state index < -0.39 is 0 Å². The molecule has 0 N–H and O–H groups in total. The highest BCUT2D eigenvalue weighted by Gasteiger charge is 2.22. The Labute approximate surface area is 359 Å². The summed E-state index contributed by atoms with van der Waals surface area (Å²) in [5, 5.41) is 9.95. The summed E-state index contributed by atoms with van der Waals surface area (Å²) in [6.07, 6.45) is 0. The van der Waals surface area contributed by atoms with E-state index in [4.69, 9.17) is 4.42 Å². The van der Waals surface area contributed by atoms with Crippen LogP contribution in [0.2, 0.25) is 0 Å². The van der Waals surface area contributed by atoms with E-state index in [0.29, 0.717) is 0 Å². The SMILES string of the molecule is c1cc(-c2ccc3ccc4ccccc4c3c2)cc(N(c2ccc(-c3ccc4c(c3)-c3cccc5cccc-4c35)cc2)c2ccc(-c3cccc4c3oc3ccccc34)cc2)c1. The molecule has 0 bridgehead atoms. The van der Waals surface area contributed by atoms with E-state index in [0.717, 1.165) is 50.1 Å². The molecular formula is C60H37NO. The highest BCUT2D eigenvalue weighted by Crippen LogP contribution is 2.49. The third-order valence-electron chi connectivity index (χ3n) is 13.0. The predicted octanol–water partition coefficient (Wildman–Crippen LogP) is 17.2. The molecule has 2 heteroatoms. The maximum atomic E-state index is 6.45. The first-order valence-corrected chi connectivity index (χ1v) is 21.3. The standard InChI is InChI=1S/C60H37NO/c1-2-14-49-39(9-1)21-22-41-23-24-45(36-56(41)49)43-12-5-13-48(35-43)61(47-32-27-40(28-33-47)50-16-8-19-55-52-15-3-4-20-58(52)62-60(50)55)46-30-25-38(26-31-46)44-29-34-51-53-17-6-10-42-11-7-18-54(59(42)53)57(51)37-44/h1-37H. The molecule has 0 amide bonds. The van der Waals surface area contributed by atoms with E-state index in [1.165, 1.54) is 76.8 Å². The molecule has 0 saturated heterocycles. The molecule has 12 aromatic rings. The Morgan fingerprint density at radius 2 is 0.839 bits per heavy atom. The summed E-state index contributed by atoms with van der Waals surface area (Å²) >= 11 is 0. The lowest BCUT2D eigenvalue weighted by Crippen LogP contribution is -2.10. The molecule has 0 fully saturated rings. The Hall–Kier alpha value is -8.20. The monoisotopic (exact) mass is 787 g/mol. The lowest BCUT2D eigenvalue weighted by atomic mass is 9.96. The zero-order chi connectivity index (χ0) is 40.7. The Bertz CT molecular complexity index is 3740. The number of nitrogens with zero attached hydrogens (tertiary/aromatic N) is 1. The minimum Gasteiger partial charge on any atom is -0.455 e. The van der Waals surface area contributed by atoms with Gasteiger partial charge in [-0.3, -0.25) is 0 Å². The van der Waals surface area contributed by atoms with Crippen molar-refractivity contribution in [2.45, 2.75) is 0 Å². The quantitative estimate of drug-likeness (QED) is 0.156. The van der Waals surface area contributed by atoms with Gasteiger partial charge in [0.1, 0.15) is 11.2 Å². The van der Waals surface area contributed by atoms with Crippen molar-refractivity contribution >= 4 is 71.3 Å². The van der Waals surface area contributed by atoms with Crippen molar-refractivity contribution in [2.75, 3.05) is 4.90 Å². The van der Waals surface area contributed by atoms with Crippen molar-refractivity contribution in [3.63, 3.8) is 0 Å². The second-order valence-corrected chi connectivity index (χ2v) is 16.5. The molecule has 0 radical (unpaired) electrons. The zero-order valence-corrected chi connectivity index (χ0v) is 33.7. The van der Waals surface area contributed by atoms with Crippen LogP contribution in [-0.2, 0) is 0 Å². The van der Waals surface area contributed by atoms with Crippen molar-refractivity contribution in [3.05, 3.63) is 224 Å². The van der Waals surface area contributed by atoms with Gasteiger partial charge in [0, 0.05) is 33.4 Å². The molecule has 0 unspecified atom stereocenters. The van der Waals surface area contributed by atoms with Crippen LogP contribution < -0.4 is 4.90 Å². The van der Waals surface area contributed by atoms with Gasteiger partial charge in [0.2, 0.25) is 0 Å². The maximum Gasteiger partial charge on any atom is 0.143 e. The van der Waals surface area contributed by atoms with Gasteiger partial charge in [-0.2, -0.15) is 0 Å². The lowest BCUT2D eigenvalue weighted by Gasteiger charge is -2.26. The molecule has 288 valence electrons. The summed E-state index contributed by atoms with van der Waals surface area (Å²) < 4.78 is 6.45. The zero-order valence-electron chi connectivity index (χ0n) is 33.7. The summed E-state index contributed by atoms with van der Waals surface area (Å²) in [5.74, 6) is 0. The Morgan fingerprint density at radius 1 is 0.274 bits per heavy atom. The van der Waals surface area contributed by atoms with Crippen LogP contribution >= 0.6 is 0 Å². The first-order valence-electron chi connectivity index (χ1n) is 21.3. The van der Waals surface area contributed by atoms with Crippen LogP contribution in [0.25, 0.3) is 110 Å². The molecule has 13 rings (SSSR count). The molecule has 1 aromatic heterocycles. The van der Waals surface area contributed by atoms with Gasteiger partial charge in [-0.25, -0.2) is 0 Å². The van der Waals surface area contributed by atoms with Crippen molar-refractivity contribution < 1.29 is 4.42 Å². The molecule has 1 heterocycles. The summed E-state index contributed by atoms with van der Waals surface area (Å²) in [7, 11) is 0. The minimum absolute atomic E-state index is 0.906. The number of benzene rings is 11. The van der Waals surface area contributed by atoms with Gasteiger partial charge in [0.05, 0.1) is 0 Å². The van der Waals surface area contributed by atoms with Gasteiger partial charge in [0.25, 0.3) is 0 Å². The Kier molecular flexibility index (Phi) is 7.64. The van der Waals surface area contributed by atoms with E-state index in [2.05, 4.69) is 217 Å². The fraction of sp³-hybridized carbons (Fsp3) is 0. The Morgan fingerprint density at radius 3 is 1.66 bits per heavy atom. The number of anilines is 3. The lowest BCUT2D eigenvalue weighted by molar-refractivity contribution is 0.670. The van der Waals surface area contributed by atoms with Crippen LogP contribution in [0.5, 0.6) is 0 Å². The topological polar surface area (TPSA) is 16.4 Å². The van der Waals surface area contributed by atoms with Gasteiger partial charge in [-0.05, 0) is 137 Å². The van der Waals surface area contributed by atoms with E-state index in [1.54, 1.807) is 0 Å². The van der Waals surface area contributed by atoms with Gasteiger partial charge < -0.3 is 9.32 Å². The van der Waals surface area contributed by atoms with E-state index in [9.17, 15) is 0 Å². The number of rotatable bonds is 6. The summed E-state index contributed by atoms with van der Waals surface area (Å²) in [5.41, 5.74) is 17.3. The molecule has 0 saturated carbocycles. The van der Waals surface area contributed by atoms with Crippen LogP contribution in [0, 0.1) is 0 Å². The van der Waals surface area contributed by atoms with Crippen LogP contribution in [0.3, 0.4) is 0 Å². The fourth-order valence-electron chi connectivity index (χ4n) is 9.99. The third-order valence-corrected chi connectivity index (χ3v) is 13.0. The second-order valence-electron chi connectivity index (χ2n) is 16.5. The number of hydrogen-bond donors (Lipinski definition) is 0. The number of furan rings is 1. The largest absolute Gasteiger partial charge is 0.455 e. The van der Waals surface area contributed by atoms with E-state index in [-0.39, 0.29) is 0 Å². The highest BCUT2D eigenvalue weighted by atomic mass is 16.3. The van der Waals surface area contributed by atoms with Crippen LogP contribution in [0.4, 0.5) is 17.1 Å². The van der Waals surface area contributed by atoms with E-state index >= 15 is 0 Å². The van der Waals surface area contributed by atoms with Crippen LogP contribution in [-0.4, -0.2) is 0 Å². The average Bonchev–Trinajstić information content (AvgIpc) is 3.88. The minimum atomic E-state index is 0.906. The van der Waals surface area contributed by atoms with Gasteiger partial charge in [-0.15, -0.1) is 0 Å². The van der Waals surface area contributed by atoms with Crippen molar-refractivity contribution in [1.82, 2.24) is 0 Å². The van der Waals surface area contributed by atoms with E-state index in [1.807, 2.05) is 12.1 Å². The first-order chi connectivity index (χ1) is 30.7. The van der Waals surface area contributed by atoms with Crippen molar-refractivity contribution in [3.8, 4) is 55.6 Å². The van der Waals surface area contributed by atoms with Crippen molar-refractivity contribution in [1.29, 1.82) is 0 Å². The summed E-state index contributed by atoms with van der Waals surface area (Å²) in [4.78, 5) is 2.37. The maximum absolute atomic E-state index is 6.45. The molecule has 2 nitrogen and oxygen atoms in total. The average molecular weight is 788 g/mol. The molecule has 0 spiro atoms. The molecule has 0 atom stereocenters. The smallest absolute Gasteiger partial charge is 0.143 e. The third kappa shape index (κ3) is 5.44. The number of para-hydroxylation sites is 2. The Balaban J connectivity index is 0.912.